The van der Waals surface area contributed by atoms with Crippen LogP contribution in [0.2, 0.25) is 0 Å². The number of benzene rings is 1. The van der Waals surface area contributed by atoms with Crippen LogP contribution < -0.4 is 9.47 Å². The molecule has 0 saturated carbocycles. The summed E-state index contributed by atoms with van der Waals surface area (Å²) in [6.45, 7) is 1.98. The number of rotatable bonds is 3. The van der Waals surface area contributed by atoms with Crippen LogP contribution in [0.3, 0.4) is 0 Å². The van der Waals surface area contributed by atoms with Gasteiger partial charge in [0.2, 0.25) is 6.79 Å². The van der Waals surface area contributed by atoms with Crippen molar-refractivity contribution in [2.75, 3.05) is 6.79 Å². The molecule has 88 valence electrons. The molecule has 17 heavy (non-hydrogen) atoms. The van der Waals surface area contributed by atoms with Crippen molar-refractivity contribution in [1.82, 2.24) is 0 Å². The first-order valence-corrected chi connectivity index (χ1v) is 5.14. The average Bonchev–Trinajstić information content (AvgIpc) is 2.72. The summed E-state index contributed by atoms with van der Waals surface area (Å²) in [6.07, 6.45) is 4.73. The van der Waals surface area contributed by atoms with Crippen LogP contribution >= 0.6 is 0 Å². The first kappa shape index (κ1) is 11.3. The minimum absolute atomic E-state index is 0.250. The zero-order valence-electron chi connectivity index (χ0n) is 9.34. The van der Waals surface area contributed by atoms with E-state index in [1.807, 2.05) is 24.3 Å². The van der Waals surface area contributed by atoms with E-state index in [0.29, 0.717) is 11.3 Å². The average molecular weight is 232 g/mol. The Kier molecular flexibility index (Phi) is 3.14. The van der Waals surface area contributed by atoms with Crippen molar-refractivity contribution >= 4 is 12.0 Å². The van der Waals surface area contributed by atoms with Gasteiger partial charge in [0.15, 0.2) is 11.5 Å². The fourth-order valence-electron chi connectivity index (χ4n) is 1.49. The lowest BCUT2D eigenvalue weighted by Crippen LogP contribution is -1.92. The van der Waals surface area contributed by atoms with Crippen LogP contribution in [0, 0.1) is 0 Å². The van der Waals surface area contributed by atoms with Gasteiger partial charge < -0.3 is 14.6 Å². The van der Waals surface area contributed by atoms with Gasteiger partial charge >= 0.3 is 5.97 Å². The van der Waals surface area contributed by atoms with Crippen LogP contribution in [-0.2, 0) is 4.79 Å². The Morgan fingerprint density at radius 1 is 1.35 bits per heavy atom. The largest absolute Gasteiger partial charge is 0.478 e. The third kappa shape index (κ3) is 2.87. The van der Waals surface area contributed by atoms with Gasteiger partial charge in [0.05, 0.1) is 0 Å². The topological polar surface area (TPSA) is 55.8 Å². The number of carbonyl (C=O) groups is 1. The Hall–Kier alpha value is -2.23. The summed E-state index contributed by atoms with van der Waals surface area (Å²) in [4.78, 5) is 10.4. The summed E-state index contributed by atoms with van der Waals surface area (Å²) in [6, 6.07) is 5.57. The third-order valence-corrected chi connectivity index (χ3v) is 2.29. The van der Waals surface area contributed by atoms with Gasteiger partial charge in [0.1, 0.15) is 0 Å². The molecule has 1 heterocycles. The van der Waals surface area contributed by atoms with Crippen LogP contribution in [0.25, 0.3) is 6.08 Å². The van der Waals surface area contributed by atoms with Crippen molar-refractivity contribution in [2.45, 2.75) is 6.92 Å². The molecule has 1 aromatic rings. The molecule has 1 N–H and O–H groups in total. The first-order valence-electron chi connectivity index (χ1n) is 5.14. The first-order chi connectivity index (χ1) is 8.15. The van der Waals surface area contributed by atoms with E-state index >= 15 is 0 Å². The molecular formula is C13H12O4. The number of ether oxygens (including phenoxy) is 2. The van der Waals surface area contributed by atoms with Gasteiger partial charge in [-0.25, -0.2) is 4.79 Å². The molecule has 0 unspecified atom stereocenters. The van der Waals surface area contributed by atoms with E-state index in [0.717, 1.165) is 17.4 Å². The second-order valence-corrected chi connectivity index (χ2v) is 3.67. The van der Waals surface area contributed by atoms with Gasteiger partial charge in [-0.2, -0.15) is 0 Å². The number of carboxylic acid groups (broad SMARTS) is 1. The fraction of sp³-hybridized carbons (Fsp3) is 0.154. The van der Waals surface area contributed by atoms with Gasteiger partial charge in [0, 0.05) is 6.08 Å². The Bertz CT molecular complexity index is 500. The van der Waals surface area contributed by atoms with E-state index in [9.17, 15) is 4.79 Å². The molecule has 0 saturated heterocycles. The SMILES string of the molecule is C/C(C=Cc1ccc2c(c1)OCO2)=C\C(=O)O. The minimum Gasteiger partial charge on any atom is -0.478 e. The molecule has 1 aromatic carbocycles. The fourth-order valence-corrected chi connectivity index (χ4v) is 1.49. The van der Waals surface area contributed by atoms with Gasteiger partial charge in [-0.3, -0.25) is 0 Å². The van der Waals surface area contributed by atoms with Crippen LogP contribution in [0.1, 0.15) is 12.5 Å². The second kappa shape index (κ2) is 4.74. The Labute approximate surface area is 98.8 Å². The number of allylic oxidation sites excluding steroid dienone is 2. The van der Waals surface area contributed by atoms with Crippen LogP contribution in [0.15, 0.2) is 35.9 Å². The second-order valence-electron chi connectivity index (χ2n) is 3.67. The summed E-state index contributed by atoms with van der Waals surface area (Å²) in [5, 5.41) is 8.56. The van der Waals surface area contributed by atoms with Crippen molar-refractivity contribution < 1.29 is 19.4 Å². The number of fused-ring (bicyclic) bond motifs is 1. The van der Waals surface area contributed by atoms with Crippen LogP contribution in [-0.4, -0.2) is 17.9 Å². The van der Waals surface area contributed by atoms with Gasteiger partial charge in [-0.1, -0.05) is 18.2 Å². The standard InChI is InChI=1S/C13H12O4/c1-9(6-13(14)15)2-3-10-4-5-11-12(7-10)17-8-16-11/h2-7H,8H2,1H3,(H,14,15)/b3-2?,9-6+. The highest BCUT2D eigenvalue weighted by molar-refractivity contribution is 5.81. The Morgan fingerprint density at radius 2 is 2.12 bits per heavy atom. The smallest absolute Gasteiger partial charge is 0.328 e. The normalized spacial score (nSPS) is 14.3. The lowest BCUT2D eigenvalue weighted by molar-refractivity contribution is -0.131. The summed E-state index contributed by atoms with van der Waals surface area (Å²) >= 11 is 0. The zero-order valence-corrected chi connectivity index (χ0v) is 9.34. The molecule has 1 aliphatic heterocycles. The highest BCUT2D eigenvalue weighted by Crippen LogP contribution is 2.32. The van der Waals surface area contributed by atoms with Crippen molar-refractivity contribution in [3.8, 4) is 11.5 Å². The van der Waals surface area contributed by atoms with Gasteiger partial charge in [-0.05, 0) is 30.2 Å². The molecular weight excluding hydrogens is 220 g/mol. The minimum atomic E-state index is -0.946. The van der Waals surface area contributed by atoms with E-state index in [2.05, 4.69) is 0 Å². The molecule has 0 amide bonds. The summed E-state index contributed by atoms with van der Waals surface area (Å²) < 4.78 is 10.4. The van der Waals surface area contributed by atoms with Crippen LogP contribution in [0.4, 0.5) is 0 Å². The maximum absolute atomic E-state index is 10.4. The molecule has 4 nitrogen and oxygen atoms in total. The van der Waals surface area contributed by atoms with Crippen molar-refractivity contribution in [1.29, 1.82) is 0 Å². The lowest BCUT2D eigenvalue weighted by Gasteiger charge is -1.97. The van der Waals surface area contributed by atoms with Crippen LogP contribution in [0.5, 0.6) is 11.5 Å². The molecule has 0 aromatic heterocycles. The van der Waals surface area contributed by atoms with E-state index < -0.39 is 5.97 Å². The highest BCUT2D eigenvalue weighted by atomic mass is 16.7. The van der Waals surface area contributed by atoms with E-state index in [1.165, 1.54) is 0 Å². The summed E-state index contributed by atoms with van der Waals surface area (Å²) in [5.74, 6) is 0.504. The zero-order chi connectivity index (χ0) is 12.3. The van der Waals surface area contributed by atoms with Gasteiger partial charge in [0.25, 0.3) is 0 Å². The highest BCUT2D eigenvalue weighted by Gasteiger charge is 2.11. The molecule has 0 atom stereocenters. The predicted octanol–water partition coefficient (Wildman–Crippen LogP) is 2.46. The van der Waals surface area contributed by atoms with Gasteiger partial charge in [-0.15, -0.1) is 0 Å². The number of carboxylic acids is 1. The van der Waals surface area contributed by atoms with Crippen molar-refractivity contribution in [3.05, 3.63) is 41.5 Å². The molecule has 0 spiro atoms. The molecule has 2 rings (SSSR count). The molecule has 4 heteroatoms. The number of hydrogen-bond acceptors (Lipinski definition) is 3. The summed E-state index contributed by atoms with van der Waals surface area (Å²) in [5.41, 5.74) is 1.61. The Balaban J connectivity index is 2.14. The quantitative estimate of drug-likeness (QED) is 0.642. The lowest BCUT2D eigenvalue weighted by atomic mass is 10.1. The monoisotopic (exact) mass is 232 g/mol. The van der Waals surface area contributed by atoms with E-state index in [-0.39, 0.29) is 6.79 Å². The van der Waals surface area contributed by atoms with E-state index in [1.54, 1.807) is 13.0 Å². The maximum atomic E-state index is 10.4. The maximum Gasteiger partial charge on any atom is 0.328 e. The molecule has 1 aliphatic rings. The third-order valence-electron chi connectivity index (χ3n) is 2.29. The van der Waals surface area contributed by atoms with Crippen molar-refractivity contribution in [3.63, 3.8) is 0 Å². The van der Waals surface area contributed by atoms with Crippen molar-refractivity contribution in [2.24, 2.45) is 0 Å². The Morgan fingerprint density at radius 3 is 2.88 bits per heavy atom. The molecule has 0 bridgehead atoms. The molecule has 0 aliphatic carbocycles. The molecule has 0 radical (unpaired) electrons. The predicted molar refractivity (Wildman–Crippen MR) is 63.0 cm³/mol. The number of hydrogen-bond donors (Lipinski definition) is 1. The number of aliphatic carboxylic acids is 1. The van der Waals surface area contributed by atoms with E-state index in [4.69, 9.17) is 14.6 Å². The summed E-state index contributed by atoms with van der Waals surface area (Å²) in [7, 11) is 0. The molecule has 0 fully saturated rings.